The molecule has 1 N–H and O–H groups in total. The Hall–Kier alpha value is -1.77. The molecule has 0 atom stereocenters. The number of ether oxygens (including phenoxy) is 2. The molecule has 1 aliphatic rings. The quantitative estimate of drug-likeness (QED) is 0.196. The fourth-order valence-corrected chi connectivity index (χ4v) is 1.28. The fourth-order valence-electron chi connectivity index (χ4n) is 1.28. The molecular formula is C10H19N3O6. The number of carbonyl (C=O) groups excluding carboxylic acids is 1. The molecule has 0 bridgehead atoms. The first-order chi connectivity index (χ1) is 8.81. The van der Waals surface area contributed by atoms with Crippen LogP contribution in [0.15, 0.2) is 5.28 Å². The Kier molecular flexibility index (Phi) is 5.16. The molecule has 0 amide bonds. The van der Waals surface area contributed by atoms with E-state index in [1.807, 2.05) is 0 Å². The van der Waals surface area contributed by atoms with Gasteiger partial charge >= 0.3 is 6.16 Å². The van der Waals surface area contributed by atoms with Gasteiger partial charge in [0.15, 0.2) is 0 Å². The molecule has 0 aliphatic carbocycles. The van der Waals surface area contributed by atoms with Crippen LogP contribution >= 0.6 is 0 Å². The van der Waals surface area contributed by atoms with Gasteiger partial charge in [-0.2, -0.15) is 0 Å². The van der Waals surface area contributed by atoms with Gasteiger partial charge in [0.05, 0.1) is 18.1 Å². The SMILES string of the molecule is CC(C)(C)OC(=O)OCO/N=[N+](/[O-])N1CC(CO)C1. The van der Waals surface area contributed by atoms with Gasteiger partial charge in [-0.05, 0) is 20.8 Å². The number of rotatable bonds is 5. The second kappa shape index (κ2) is 6.41. The summed E-state index contributed by atoms with van der Waals surface area (Å²) in [4.78, 5) is 15.9. The molecule has 1 fully saturated rings. The summed E-state index contributed by atoms with van der Waals surface area (Å²) in [6.07, 6.45) is -0.899. The molecule has 0 saturated carbocycles. The topological polar surface area (TPSA) is 107 Å². The number of hydrogen-bond donors (Lipinski definition) is 1. The minimum Gasteiger partial charge on any atom is -0.569 e. The number of carbonyl (C=O) groups is 1. The van der Waals surface area contributed by atoms with E-state index in [1.54, 1.807) is 20.8 Å². The Balaban J connectivity index is 2.15. The molecule has 1 saturated heterocycles. The van der Waals surface area contributed by atoms with E-state index in [0.29, 0.717) is 13.1 Å². The Morgan fingerprint density at radius 1 is 1.53 bits per heavy atom. The predicted molar refractivity (Wildman–Crippen MR) is 61.5 cm³/mol. The van der Waals surface area contributed by atoms with Crippen LogP contribution < -0.4 is 0 Å². The van der Waals surface area contributed by atoms with Gasteiger partial charge in [0.2, 0.25) is 5.28 Å². The van der Waals surface area contributed by atoms with Crippen molar-refractivity contribution in [3.05, 3.63) is 5.21 Å². The molecule has 0 aromatic carbocycles. The Labute approximate surface area is 110 Å². The summed E-state index contributed by atoms with van der Waals surface area (Å²) in [5.41, 5.74) is -0.657. The molecule has 1 heterocycles. The van der Waals surface area contributed by atoms with Crippen LogP contribution in [-0.4, -0.2) is 53.3 Å². The van der Waals surface area contributed by atoms with E-state index in [-0.39, 0.29) is 17.5 Å². The van der Waals surface area contributed by atoms with Crippen LogP contribution in [0.1, 0.15) is 20.8 Å². The lowest BCUT2D eigenvalue weighted by Crippen LogP contribution is -2.51. The van der Waals surface area contributed by atoms with Crippen LogP contribution in [0.5, 0.6) is 0 Å². The summed E-state index contributed by atoms with van der Waals surface area (Å²) in [6, 6.07) is 0. The fraction of sp³-hybridized carbons (Fsp3) is 0.900. The summed E-state index contributed by atoms with van der Waals surface area (Å²) < 4.78 is 9.38. The molecule has 0 unspecified atom stereocenters. The number of aliphatic hydroxyl groups is 1. The molecule has 0 spiro atoms. The second-order valence-corrected chi connectivity index (χ2v) is 5.11. The van der Waals surface area contributed by atoms with Gasteiger partial charge in [-0.25, -0.2) is 4.79 Å². The molecular weight excluding hydrogens is 258 g/mol. The molecule has 0 radical (unpaired) electrons. The highest BCUT2D eigenvalue weighted by atomic mass is 16.8. The number of nitrogens with zero attached hydrogens (tertiary/aromatic N) is 3. The number of hydrogen-bond acceptors (Lipinski definition) is 7. The van der Waals surface area contributed by atoms with E-state index in [1.165, 1.54) is 5.01 Å². The zero-order chi connectivity index (χ0) is 14.5. The maximum absolute atomic E-state index is 11.3. The lowest BCUT2D eigenvalue weighted by atomic mass is 10.0. The minimum absolute atomic E-state index is 0.0347. The van der Waals surface area contributed by atoms with Crippen molar-refractivity contribution in [3.63, 3.8) is 0 Å². The molecule has 0 aromatic heterocycles. The number of aliphatic hydroxyl groups excluding tert-OH is 1. The molecule has 0 aromatic rings. The van der Waals surface area contributed by atoms with E-state index in [0.717, 1.165) is 0 Å². The first-order valence-corrected chi connectivity index (χ1v) is 5.83. The third-order valence-corrected chi connectivity index (χ3v) is 2.18. The van der Waals surface area contributed by atoms with Crippen LogP contribution in [0.25, 0.3) is 0 Å². The number of hydrazine groups is 1. The molecule has 110 valence electrons. The van der Waals surface area contributed by atoms with Crippen molar-refractivity contribution in [1.29, 1.82) is 0 Å². The largest absolute Gasteiger partial charge is 0.569 e. The van der Waals surface area contributed by atoms with E-state index in [2.05, 4.69) is 14.9 Å². The van der Waals surface area contributed by atoms with Crippen molar-refractivity contribution in [2.24, 2.45) is 11.2 Å². The average Bonchev–Trinajstić information content (AvgIpc) is 2.20. The molecule has 9 nitrogen and oxygen atoms in total. The van der Waals surface area contributed by atoms with Crippen LogP contribution in [0.2, 0.25) is 0 Å². The molecule has 9 heteroatoms. The molecule has 19 heavy (non-hydrogen) atoms. The minimum atomic E-state index is -0.899. The monoisotopic (exact) mass is 277 g/mol. The highest BCUT2D eigenvalue weighted by molar-refractivity contribution is 5.60. The first kappa shape index (κ1) is 15.3. The van der Waals surface area contributed by atoms with Gasteiger partial charge in [-0.15, -0.1) is 5.01 Å². The summed E-state index contributed by atoms with van der Waals surface area (Å²) in [5.74, 6) is 0.0877. The highest BCUT2D eigenvalue weighted by Gasteiger charge is 2.32. The van der Waals surface area contributed by atoms with Gasteiger partial charge in [0.1, 0.15) is 5.60 Å². The second-order valence-electron chi connectivity index (χ2n) is 5.11. The zero-order valence-electron chi connectivity index (χ0n) is 11.2. The van der Waals surface area contributed by atoms with Crippen LogP contribution in [0.4, 0.5) is 4.79 Å². The smallest absolute Gasteiger partial charge is 0.511 e. The van der Waals surface area contributed by atoms with Crippen molar-refractivity contribution in [3.8, 4) is 0 Å². The summed E-state index contributed by atoms with van der Waals surface area (Å²) >= 11 is 0. The van der Waals surface area contributed by atoms with Gasteiger partial charge in [-0.3, -0.25) is 0 Å². The Morgan fingerprint density at radius 3 is 2.68 bits per heavy atom. The standard InChI is InChI=1S/C10H19N3O6/c1-10(2,3)19-9(15)17-7-18-11-13(16)12-4-8(5-12)6-14/h8,14H,4-7H2,1-3H3/b13-11+. The Bertz CT molecular complexity index is 335. The first-order valence-electron chi connectivity index (χ1n) is 5.83. The third-order valence-electron chi connectivity index (χ3n) is 2.18. The lowest BCUT2D eigenvalue weighted by Gasteiger charge is -2.32. The summed E-state index contributed by atoms with van der Waals surface area (Å²) in [6.45, 7) is 5.44. The van der Waals surface area contributed by atoms with Gasteiger partial charge in [0.25, 0.3) is 6.79 Å². The van der Waals surface area contributed by atoms with Gasteiger partial charge in [-0.1, -0.05) is 0 Å². The van der Waals surface area contributed by atoms with Crippen molar-refractivity contribution < 1.29 is 29.2 Å². The molecule has 1 aliphatic heterocycles. The van der Waals surface area contributed by atoms with E-state index in [4.69, 9.17) is 9.84 Å². The lowest BCUT2D eigenvalue weighted by molar-refractivity contribution is -0.727. The van der Waals surface area contributed by atoms with Crippen molar-refractivity contribution in [2.45, 2.75) is 26.4 Å². The van der Waals surface area contributed by atoms with Crippen LogP contribution in [0.3, 0.4) is 0 Å². The summed E-state index contributed by atoms with van der Waals surface area (Å²) in [5, 5.41) is 24.5. The molecule has 1 rings (SSSR count). The highest BCUT2D eigenvalue weighted by Crippen LogP contribution is 2.14. The average molecular weight is 277 g/mol. The van der Waals surface area contributed by atoms with Gasteiger partial charge < -0.3 is 24.6 Å². The van der Waals surface area contributed by atoms with E-state index >= 15 is 0 Å². The predicted octanol–water partition coefficient (Wildman–Crippen LogP) is 0.629. The Morgan fingerprint density at radius 2 is 2.16 bits per heavy atom. The van der Waals surface area contributed by atoms with Crippen LogP contribution in [-0.2, 0) is 14.3 Å². The normalized spacial score (nSPS) is 16.8. The van der Waals surface area contributed by atoms with Crippen molar-refractivity contribution in [2.75, 3.05) is 26.5 Å². The third kappa shape index (κ3) is 5.60. The van der Waals surface area contributed by atoms with E-state index < -0.39 is 18.5 Å². The van der Waals surface area contributed by atoms with Crippen molar-refractivity contribution >= 4 is 6.16 Å². The van der Waals surface area contributed by atoms with E-state index in [9.17, 15) is 10.0 Å². The van der Waals surface area contributed by atoms with Crippen LogP contribution in [0, 0.1) is 11.1 Å². The maximum Gasteiger partial charge on any atom is 0.511 e. The van der Waals surface area contributed by atoms with Crippen molar-refractivity contribution in [1.82, 2.24) is 5.01 Å². The summed E-state index contributed by atoms with van der Waals surface area (Å²) in [7, 11) is 0. The van der Waals surface area contributed by atoms with Gasteiger partial charge in [0, 0.05) is 12.5 Å². The zero-order valence-corrected chi connectivity index (χ0v) is 11.2. The maximum atomic E-state index is 11.3.